The Balaban J connectivity index is 2.71. The van der Waals surface area contributed by atoms with E-state index in [4.69, 9.17) is 5.73 Å². The van der Waals surface area contributed by atoms with Gasteiger partial charge in [-0.2, -0.15) is 8.78 Å². The second-order valence-corrected chi connectivity index (χ2v) is 5.53. The average molecular weight is 272 g/mol. The lowest BCUT2D eigenvalue weighted by molar-refractivity contribution is -0.0507. The van der Waals surface area contributed by atoms with E-state index in [1.54, 1.807) is 18.2 Å². The van der Waals surface area contributed by atoms with Crippen molar-refractivity contribution >= 4 is 0 Å². The lowest BCUT2D eigenvalue weighted by Gasteiger charge is -2.29. The zero-order valence-corrected chi connectivity index (χ0v) is 11.7. The van der Waals surface area contributed by atoms with Crippen molar-refractivity contribution in [1.82, 2.24) is 4.90 Å². The largest absolute Gasteiger partial charge is 0.434 e. The van der Waals surface area contributed by atoms with Gasteiger partial charge in [0, 0.05) is 18.7 Å². The summed E-state index contributed by atoms with van der Waals surface area (Å²) in [5.74, 6) is 0.231. The Labute approximate surface area is 113 Å². The highest BCUT2D eigenvalue weighted by Gasteiger charge is 2.19. The number of nitrogens with zero attached hydrogens (tertiary/aromatic N) is 1. The van der Waals surface area contributed by atoms with Crippen molar-refractivity contribution in [3.63, 3.8) is 0 Å². The maximum atomic E-state index is 12.3. The van der Waals surface area contributed by atoms with E-state index in [2.05, 4.69) is 23.5 Å². The molecule has 0 bridgehead atoms. The van der Waals surface area contributed by atoms with Crippen LogP contribution in [0.15, 0.2) is 24.3 Å². The van der Waals surface area contributed by atoms with Gasteiger partial charge in [-0.3, -0.25) is 0 Å². The van der Waals surface area contributed by atoms with Crippen LogP contribution < -0.4 is 10.5 Å². The van der Waals surface area contributed by atoms with Gasteiger partial charge in [-0.1, -0.05) is 32.0 Å². The smallest absolute Gasteiger partial charge is 0.387 e. The van der Waals surface area contributed by atoms with E-state index in [-0.39, 0.29) is 11.2 Å². The summed E-state index contributed by atoms with van der Waals surface area (Å²) in [4.78, 5) is 2.06. The Morgan fingerprint density at radius 1 is 1.32 bits per heavy atom. The highest BCUT2D eigenvalue weighted by atomic mass is 19.3. The molecule has 0 aliphatic rings. The van der Waals surface area contributed by atoms with Crippen molar-refractivity contribution in [2.45, 2.75) is 27.0 Å². The van der Waals surface area contributed by atoms with Crippen LogP contribution in [0.1, 0.15) is 19.4 Å². The van der Waals surface area contributed by atoms with Crippen LogP contribution in [-0.2, 0) is 6.54 Å². The van der Waals surface area contributed by atoms with Crippen molar-refractivity contribution in [3.05, 3.63) is 29.8 Å². The third-order valence-corrected chi connectivity index (χ3v) is 2.88. The van der Waals surface area contributed by atoms with Gasteiger partial charge in [-0.15, -0.1) is 0 Å². The molecule has 0 unspecified atom stereocenters. The standard InChI is InChI=1S/C14H22F2N2O/c1-14(2,9-17)10-18(3)8-11-6-4-5-7-12(11)19-13(15)16/h4-7,13H,8-10,17H2,1-3H3. The Bertz CT molecular complexity index is 397. The number of para-hydroxylation sites is 1. The fraction of sp³-hybridized carbons (Fsp3) is 0.571. The lowest BCUT2D eigenvalue weighted by atomic mass is 9.93. The quantitative estimate of drug-likeness (QED) is 0.829. The van der Waals surface area contributed by atoms with Gasteiger partial charge in [0.05, 0.1) is 0 Å². The Kier molecular flexibility index (Phi) is 5.69. The first-order chi connectivity index (χ1) is 8.84. The number of ether oxygens (including phenoxy) is 1. The predicted molar refractivity (Wildman–Crippen MR) is 72.2 cm³/mol. The van der Waals surface area contributed by atoms with E-state index in [0.717, 1.165) is 12.1 Å². The Hall–Kier alpha value is -1.20. The van der Waals surface area contributed by atoms with Crippen LogP contribution in [0, 0.1) is 5.41 Å². The van der Waals surface area contributed by atoms with E-state index in [1.807, 2.05) is 13.1 Å². The molecule has 1 aromatic carbocycles. The van der Waals surface area contributed by atoms with Crippen molar-refractivity contribution < 1.29 is 13.5 Å². The first-order valence-corrected chi connectivity index (χ1v) is 6.25. The normalized spacial score (nSPS) is 12.2. The van der Waals surface area contributed by atoms with E-state index in [1.165, 1.54) is 0 Å². The topological polar surface area (TPSA) is 38.5 Å². The second kappa shape index (κ2) is 6.82. The van der Waals surface area contributed by atoms with Crippen LogP contribution in [0.4, 0.5) is 8.78 Å². The molecule has 2 N–H and O–H groups in total. The molecule has 0 aliphatic carbocycles. The summed E-state index contributed by atoms with van der Waals surface area (Å²) in [5, 5.41) is 0. The second-order valence-electron chi connectivity index (χ2n) is 5.53. The van der Waals surface area contributed by atoms with Gasteiger partial charge in [0.2, 0.25) is 0 Å². The summed E-state index contributed by atoms with van der Waals surface area (Å²) < 4.78 is 29.1. The van der Waals surface area contributed by atoms with E-state index >= 15 is 0 Å². The van der Waals surface area contributed by atoms with Gasteiger partial charge in [-0.05, 0) is 25.1 Å². The summed E-state index contributed by atoms with van der Waals surface area (Å²) >= 11 is 0. The number of halogens is 2. The molecule has 108 valence electrons. The highest BCUT2D eigenvalue weighted by molar-refractivity contribution is 5.33. The first kappa shape index (κ1) is 15.9. The molecular formula is C14H22F2N2O. The van der Waals surface area contributed by atoms with Crippen molar-refractivity contribution in [2.24, 2.45) is 11.1 Å². The average Bonchev–Trinajstić information content (AvgIpc) is 2.30. The molecule has 0 atom stereocenters. The number of hydrogen-bond acceptors (Lipinski definition) is 3. The molecule has 0 fully saturated rings. The minimum atomic E-state index is -2.80. The fourth-order valence-corrected chi connectivity index (χ4v) is 1.99. The predicted octanol–water partition coefficient (Wildman–Crippen LogP) is 2.70. The molecule has 1 aromatic rings. The van der Waals surface area contributed by atoms with Crippen LogP contribution in [0.5, 0.6) is 5.75 Å². The van der Waals surface area contributed by atoms with E-state index < -0.39 is 6.61 Å². The Morgan fingerprint density at radius 2 is 1.95 bits per heavy atom. The maximum absolute atomic E-state index is 12.3. The number of alkyl halides is 2. The molecule has 0 spiro atoms. The summed E-state index contributed by atoms with van der Waals surface area (Å²) in [6, 6.07) is 6.85. The summed E-state index contributed by atoms with van der Waals surface area (Å²) in [6.07, 6.45) is 0. The van der Waals surface area contributed by atoms with Crippen molar-refractivity contribution in [1.29, 1.82) is 0 Å². The van der Waals surface area contributed by atoms with Gasteiger partial charge in [0.15, 0.2) is 0 Å². The Morgan fingerprint density at radius 3 is 2.53 bits per heavy atom. The molecule has 0 aromatic heterocycles. The van der Waals surface area contributed by atoms with Gasteiger partial charge in [0.1, 0.15) is 5.75 Å². The molecule has 3 nitrogen and oxygen atoms in total. The molecule has 1 rings (SSSR count). The van der Waals surface area contributed by atoms with Gasteiger partial charge in [0.25, 0.3) is 0 Å². The van der Waals surface area contributed by atoms with E-state index in [9.17, 15) is 8.78 Å². The fourth-order valence-electron chi connectivity index (χ4n) is 1.99. The molecule has 0 saturated carbocycles. The van der Waals surface area contributed by atoms with Crippen LogP contribution in [0.25, 0.3) is 0 Å². The van der Waals surface area contributed by atoms with Crippen molar-refractivity contribution in [2.75, 3.05) is 20.1 Å². The zero-order valence-electron chi connectivity index (χ0n) is 11.7. The molecule has 0 saturated heterocycles. The summed E-state index contributed by atoms with van der Waals surface area (Å²) in [6.45, 7) is 3.26. The van der Waals surface area contributed by atoms with Crippen LogP contribution in [0.3, 0.4) is 0 Å². The summed E-state index contributed by atoms with van der Waals surface area (Å²) in [5.41, 5.74) is 6.43. The third-order valence-electron chi connectivity index (χ3n) is 2.88. The number of rotatable bonds is 7. The molecular weight excluding hydrogens is 250 g/mol. The molecule has 19 heavy (non-hydrogen) atoms. The van der Waals surface area contributed by atoms with Gasteiger partial charge >= 0.3 is 6.61 Å². The molecule has 0 radical (unpaired) electrons. The highest BCUT2D eigenvalue weighted by Crippen LogP contribution is 2.23. The number of benzene rings is 1. The first-order valence-electron chi connectivity index (χ1n) is 6.25. The third kappa shape index (κ3) is 5.53. The van der Waals surface area contributed by atoms with E-state index in [0.29, 0.717) is 13.1 Å². The monoisotopic (exact) mass is 272 g/mol. The van der Waals surface area contributed by atoms with Crippen LogP contribution >= 0.6 is 0 Å². The molecule has 0 amide bonds. The number of hydrogen-bond donors (Lipinski definition) is 1. The SMILES string of the molecule is CN(Cc1ccccc1OC(F)F)CC(C)(C)CN. The van der Waals surface area contributed by atoms with Crippen molar-refractivity contribution in [3.8, 4) is 5.75 Å². The van der Waals surface area contributed by atoms with Gasteiger partial charge in [-0.25, -0.2) is 0 Å². The number of nitrogens with two attached hydrogens (primary N) is 1. The maximum Gasteiger partial charge on any atom is 0.387 e. The molecule has 0 aliphatic heterocycles. The lowest BCUT2D eigenvalue weighted by Crippen LogP contribution is -2.36. The summed E-state index contributed by atoms with van der Waals surface area (Å²) in [7, 11) is 1.94. The minimum absolute atomic E-state index is 0.00668. The molecule has 0 heterocycles. The van der Waals surface area contributed by atoms with Gasteiger partial charge < -0.3 is 15.4 Å². The molecule has 5 heteroatoms. The minimum Gasteiger partial charge on any atom is -0.434 e. The van der Waals surface area contributed by atoms with Crippen LogP contribution in [-0.4, -0.2) is 31.6 Å². The zero-order chi connectivity index (χ0) is 14.5. The van der Waals surface area contributed by atoms with Crippen LogP contribution in [0.2, 0.25) is 0 Å².